The zero-order valence-electron chi connectivity index (χ0n) is 14.8. The van der Waals surface area contributed by atoms with Crippen LogP contribution in [0.4, 0.5) is 4.39 Å². The molecule has 6 nitrogen and oxygen atoms in total. The highest BCUT2D eigenvalue weighted by atomic mass is 19.1. The van der Waals surface area contributed by atoms with Gasteiger partial charge in [-0.2, -0.15) is 5.26 Å². The van der Waals surface area contributed by atoms with Crippen LogP contribution in [0.15, 0.2) is 59.9 Å². The number of halogens is 1. The van der Waals surface area contributed by atoms with Crippen molar-refractivity contribution in [1.82, 2.24) is 4.98 Å². The fraction of sp³-hybridized carbons (Fsp3) is 0.0952. The van der Waals surface area contributed by atoms with Crippen LogP contribution in [0.25, 0.3) is 11.3 Å². The number of benzene rings is 2. The summed E-state index contributed by atoms with van der Waals surface area (Å²) in [5.74, 6) is -1.13. The maximum atomic E-state index is 13.7. The van der Waals surface area contributed by atoms with Crippen LogP contribution in [-0.2, 0) is 6.61 Å². The van der Waals surface area contributed by atoms with E-state index >= 15 is 0 Å². The van der Waals surface area contributed by atoms with Crippen molar-refractivity contribution in [2.24, 2.45) is 5.18 Å². The van der Waals surface area contributed by atoms with E-state index in [9.17, 15) is 14.1 Å². The fourth-order valence-electron chi connectivity index (χ4n) is 2.68. The summed E-state index contributed by atoms with van der Waals surface area (Å²) in [6.45, 7) is 1.90. The maximum absolute atomic E-state index is 13.7. The van der Waals surface area contributed by atoms with E-state index in [1.807, 2.05) is 6.07 Å². The summed E-state index contributed by atoms with van der Waals surface area (Å²) in [5.41, 5.74) is 3.07. The molecule has 0 aliphatic carbocycles. The number of nitriles is 1. The van der Waals surface area contributed by atoms with Crippen molar-refractivity contribution < 1.29 is 13.9 Å². The molecule has 3 aromatic rings. The van der Waals surface area contributed by atoms with Crippen molar-refractivity contribution in [2.45, 2.75) is 13.5 Å². The molecule has 0 radical (unpaired) electrons. The highest BCUT2D eigenvalue weighted by Crippen LogP contribution is 2.23. The molecule has 3 rings (SSSR count). The lowest BCUT2D eigenvalue weighted by Crippen LogP contribution is -1.99. The lowest BCUT2D eigenvalue weighted by molar-refractivity contribution is 0.1000. The second-order valence-electron chi connectivity index (χ2n) is 6.02. The molecule has 0 atom stereocenters. The second-order valence-corrected chi connectivity index (χ2v) is 6.02. The van der Waals surface area contributed by atoms with Gasteiger partial charge in [-0.1, -0.05) is 6.07 Å². The van der Waals surface area contributed by atoms with E-state index in [1.165, 1.54) is 18.2 Å². The molecule has 0 bridgehead atoms. The molecule has 2 aromatic carbocycles. The van der Waals surface area contributed by atoms with Crippen LogP contribution in [0.2, 0.25) is 0 Å². The summed E-state index contributed by atoms with van der Waals surface area (Å²) in [5, 5.41) is 11.2. The number of aromatic nitrogens is 1. The van der Waals surface area contributed by atoms with Gasteiger partial charge < -0.3 is 4.74 Å². The van der Waals surface area contributed by atoms with Crippen molar-refractivity contribution >= 4 is 5.91 Å². The molecule has 1 heterocycles. The molecule has 0 aliphatic rings. The third-order valence-electron chi connectivity index (χ3n) is 4.13. The normalized spacial score (nSPS) is 10.2. The predicted octanol–water partition coefficient (Wildman–Crippen LogP) is 4.55. The minimum Gasteiger partial charge on any atom is -0.489 e. The average Bonchev–Trinajstić information content (AvgIpc) is 2.72. The van der Waals surface area contributed by atoms with Gasteiger partial charge in [0.25, 0.3) is 0 Å². The fourth-order valence-corrected chi connectivity index (χ4v) is 2.68. The summed E-state index contributed by atoms with van der Waals surface area (Å²) in [6, 6.07) is 14.4. The summed E-state index contributed by atoms with van der Waals surface area (Å²) in [6.07, 6.45) is 1.62. The number of nitrogens with zero attached hydrogens (tertiary/aromatic N) is 3. The third-order valence-corrected chi connectivity index (χ3v) is 4.13. The minimum atomic E-state index is -0.811. The van der Waals surface area contributed by atoms with Crippen molar-refractivity contribution in [3.63, 3.8) is 0 Å². The molecule has 1 amide bonds. The van der Waals surface area contributed by atoms with E-state index in [4.69, 9.17) is 10.00 Å². The van der Waals surface area contributed by atoms with E-state index in [0.717, 1.165) is 11.1 Å². The van der Waals surface area contributed by atoms with E-state index < -0.39 is 11.7 Å². The number of pyridine rings is 1. The van der Waals surface area contributed by atoms with E-state index in [1.54, 1.807) is 43.5 Å². The highest BCUT2D eigenvalue weighted by molar-refractivity contribution is 5.96. The number of nitroso groups, excluding NO2 is 1. The van der Waals surface area contributed by atoms with Gasteiger partial charge in [0, 0.05) is 28.6 Å². The van der Waals surface area contributed by atoms with Gasteiger partial charge in [-0.05, 0) is 54.4 Å². The zero-order valence-corrected chi connectivity index (χ0v) is 14.8. The molecule has 138 valence electrons. The van der Waals surface area contributed by atoms with Crippen molar-refractivity contribution in [2.75, 3.05) is 0 Å². The Hall–Kier alpha value is -3.92. The number of hydrogen-bond donors (Lipinski definition) is 0. The molecule has 0 spiro atoms. The Kier molecular flexibility index (Phi) is 5.51. The number of carbonyl (C=O) groups is 1. The predicted molar refractivity (Wildman–Crippen MR) is 100.0 cm³/mol. The standard InChI is InChI=1S/C21H14FN3O3/c1-13-8-15(3-5-18(13)21(26)25-27)20-9-14(6-7-24-20)12-28-17-4-2-16(11-23)19(22)10-17/h2-10H,12H2,1H3. The first kappa shape index (κ1) is 18.9. The van der Waals surface area contributed by atoms with Gasteiger partial charge in [0.2, 0.25) is 0 Å². The minimum absolute atomic E-state index is 0.0411. The van der Waals surface area contributed by atoms with Crippen LogP contribution in [-0.4, -0.2) is 10.9 Å². The average molecular weight is 375 g/mol. The smallest absolute Gasteiger partial charge is 0.317 e. The molecule has 0 N–H and O–H groups in total. The zero-order chi connectivity index (χ0) is 20.1. The molecular formula is C21H14FN3O3. The molecule has 1 aromatic heterocycles. The van der Waals surface area contributed by atoms with E-state index in [-0.39, 0.29) is 17.7 Å². The number of aryl methyl sites for hydroxylation is 1. The number of ether oxygens (including phenoxy) is 1. The Labute approximate surface area is 160 Å². The van der Waals surface area contributed by atoms with E-state index in [2.05, 4.69) is 10.2 Å². The van der Waals surface area contributed by atoms with Crippen LogP contribution in [0.3, 0.4) is 0 Å². The Balaban J connectivity index is 1.78. The van der Waals surface area contributed by atoms with Gasteiger partial charge in [0.05, 0.1) is 11.3 Å². The van der Waals surface area contributed by atoms with E-state index in [0.29, 0.717) is 17.0 Å². The number of amides is 1. The second kappa shape index (κ2) is 8.18. The molecule has 7 heteroatoms. The van der Waals surface area contributed by atoms with Crippen LogP contribution in [0.5, 0.6) is 5.75 Å². The SMILES string of the molecule is Cc1cc(-c2cc(COc3ccc(C#N)c(F)c3)ccn2)ccc1C(=O)N=O. The Morgan fingerprint density at radius 2 is 2.04 bits per heavy atom. The topological polar surface area (TPSA) is 92.4 Å². The maximum Gasteiger partial charge on any atom is 0.317 e. The van der Waals surface area contributed by atoms with Crippen LogP contribution in [0, 0.1) is 29.0 Å². The van der Waals surface area contributed by atoms with Gasteiger partial charge in [-0.25, -0.2) is 4.39 Å². The number of carbonyl (C=O) groups excluding carboxylic acids is 1. The molecule has 0 saturated heterocycles. The lowest BCUT2D eigenvalue weighted by atomic mass is 10.0. The third kappa shape index (κ3) is 4.07. The lowest BCUT2D eigenvalue weighted by Gasteiger charge is -2.09. The number of rotatable bonds is 5. The first-order chi connectivity index (χ1) is 13.5. The van der Waals surface area contributed by atoms with Gasteiger partial charge in [-0.3, -0.25) is 9.78 Å². The Morgan fingerprint density at radius 1 is 1.21 bits per heavy atom. The van der Waals surface area contributed by atoms with Crippen molar-refractivity contribution in [3.05, 3.63) is 87.7 Å². The Morgan fingerprint density at radius 3 is 2.71 bits per heavy atom. The molecule has 28 heavy (non-hydrogen) atoms. The molecule has 0 aliphatic heterocycles. The first-order valence-electron chi connectivity index (χ1n) is 8.28. The first-order valence-corrected chi connectivity index (χ1v) is 8.28. The van der Waals surface area contributed by atoms with Crippen molar-refractivity contribution in [3.8, 4) is 23.1 Å². The monoisotopic (exact) mass is 375 g/mol. The molecule has 0 unspecified atom stereocenters. The summed E-state index contributed by atoms with van der Waals surface area (Å²) < 4.78 is 19.2. The summed E-state index contributed by atoms with van der Waals surface area (Å²) in [4.78, 5) is 26.2. The largest absolute Gasteiger partial charge is 0.489 e. The number of hydrogen-bond acceptors (Lipinski definition) is 5. The summed E-state index contributed by atoms with van der Waals surface area (Å²) >= 11 is 0. The quantitative estimate of drug-likeness (QED) is 0.610. The Bertz CT molecular complexity index is 1110. The van der Waals surface area contributed by atoms with Gasteiger partial charge in [0.1, 0.15) is 24.2 Å². The van der Waals surface area contributed by atoms with Crippen LogP contribution in [0.1, 0.15) is 27.0 Å². The van der Waals surface area contributed by atoms with Crippen LogP contribution >= 0.6 is 0 Å². The molecule has 0 saturated carbocycles. The van der Waals surface area contributed by atoms with Gasteiger partial charge >= 0.3 is 5.91 Å². The van der Waals surface area contributed by atoms with Crippen molar-refractivity contribution in [1.29, 1.82) is 5.26 Å². The van der Waals surface area contributed by atoms with Crippen LogP contribution < -0.4 is 4.74 Å². The van der Waals surface area contributed by atoms with Gasteiger partial charge in [-0.15, -0.1) is 4.91 Å². The molecule has 0 fully saturated rings. The van der Waals surface area contributed by atoms with Gasteiger partial charge in [0.15, 0.2) is 0 Å². The highest BCUT2D eigenvalue weighted by Gasteiger charge is 2.11. The molecular weight excluding hydrogens is 361 g/mol. The summed E-state index contributed by atoms with van der Waals surface area (Å²) in [7, 11) is 0.